The first-order valence-electron chi connectivity index (χ1n) is 6.21. The second-order valence-electron chi connectivity index (χ2n) is 4.78. The molecule has 0 aliphatic carbocycles. The van der Waals surface area contributed by atoms with Gasteiger partial charge in [-0.05, 0) is 55.5 Å². The Morgan fingerprint density at radius 2 is 1.89 bits per heavy atom. The van der Waals surface area contributed by atoms with Gasteiger partial charge in [-0.15, -0.1) is 11.3 Å². The lowest BCUT2D eigenvalue weighted by Gasteiger charge is -2.22. The first-order valence-corrected chi connectivity index (χ1v) is 7.88. The molecule has 1 aromatic heterocycles. The Bertz CT molecular complexity index is 528. The molecule has 0 aliphatic heterocycles. The van der Waals surface area contributed by atoms with E-state index >= 15 is 0 Å². The number of hydrogen-bond acceptors (Lipinski definition) is 3. The molecule has 4 heteroatoms. The fourth-order valence-electron chi connectivity index (χ4n) is 2.00. The quantitative estimate of drug-likeness (QED) is 0.883. The van der Waals surface area contributed by atoms with Gasteiger partial charge in [-0.1, -0.05) is 22.0 Å². The average molecular weight is 340 g/mol. The molecule has 2 rings (SSSR count). The Kier molecular flexibility index (Phi) is 4.66. The Hall–Kier alpha value is -0.840. The third-order valence-electron chi connectivity index (χ3n) is 2.97. The number of aryl methyl sites for hydroxylation is 2. The van der Waals surface area contributed by atoms with Gasteiger partial charge in [0, 0.05) is 15.4 Å². The van der Waals surface area contributed by atoms with Crippen LogP contribution < -0.4 is 10.5 Å². The van der Waals surface area contributed by atoms with Crippen LogP contribution in [0.4, 0.5) is 0 Å². The van der Waals surface area contributed by atoms with Crippen molar-refractivity contribution in [2.75, 3.05) is 0 Å². The summed E-state index contributed by atoms with van der Waals surface area (Å²) in [5.74, 6) is 0.869. The van der Waals surface area contributed by atoms with Crippen LogP contribution in [0, 0.1) is 13.8 Å². The highest BCUT2D eigenvalue weighted by Gasteiger charge is 2.19. The summed E-state index contributed by atoms with van der Waals surface area (Å²) in [7, 11) is 0. The first kappa shape index (κ1) is 14.6. The smallest absolute Gasteiger partial charge is 0.148 e. The van der Waals surface area contributed by atoms with E-state index in [0.717, 1.165) is 15.1 Å². The van der Waals surface area contributed by atoms with Gasteiger partial charge in [-0.3, -0.25) is 0 Å². The summed E-state index contributed by atoms with van der Waals surface area (Å²) in [5.41, 5.74) is 8.40. The lowest BCUT2D eigenvalue weighted by atomic mass is 10.1. The number of nitrogens with two attached hydrogens (primary N) is 1. The van der Waals surface area contributed by atoms with E-state index in [2.05, 4.69) is 35.8 Å². The van der Waals surface area contributed by atoms with E-state index in [1.165, 1.54) is 11.1 Å². The fraction of sp³-hybridized carbons (Fsp3) is 0.333. The van der Waals surface area contributed by atoms with E-state index in [9.17, 15) is 0 Å². The van der Waals surface area contributed by atoms with Gasteiger partial charge in [-0.25, -0.2) is 0 Å². The second-order valence-corrected chi connectivity index (χ2v) is 6.56. The highest BCUT2D eigenvalue weighted by molar-refractivity contribution is 9.10. The molecule has 0 fully saturated rings. The van der Waals surface area contributed by atoms with Crippen LogP contribution in [-0.4, -0.2) is 6.04 Å². The van der Waals surface area contributed by atoms with Gasteiger partial charge < -0.3 is 10.5 Å². The summed E-state index contributed by atoms with van der Waals surface area (Å²) in [6.07, 6.45) is -0.0972. The van der Waals surface area contributed by atoms with Crippen molar-refractivity contribution in [3.8, 4) is 5.75 Å². The van der Waals surface area contributed by atoms with Crippen molar-refractivity contribution in [3.05, 3.63) is 50.1 Å². The lowest BCUT2D eigenvalue weighted by Crippen LogP contribution is -2.28. The normalized spacial score (nSPS) is 14.2. The number of rotatable bonds is 4. The summed E-state index contributed by atoms with van der Waals surface area (Å²) >= 11 is 5.24. The number of halogens is 1. The molecule has 102 valence electrons. The van der Waals surface area contributed by atoms with Crippen molar-refractivity contribution in [1.82, 2.24) is 0 Å². The maximum absolute atomic E-state index is 6.10. The van der Waals surface area contributed by atoms with E-state index < -0.39 is 0 Å². The summed E-state index contributed by atoms with van der Waals surface area (Å²) in [5, 5.41) is 2.05. The Morgan fingerprint density at radius 3 is 2.37 bits per heavy atom. The standard InChI is InChI=1S/C15H18BrNOS/c1-9-7-12(8-10(2)14(9)16)18-15(11(3)17)13-5-4-6-19-13/h4-8,11,15H,17H2,1-3H3. The molecule has 0 spiro atoms. The zero-order valence-corrected chi connectivity index (χ0v) is 13.7. The number of hydrogen-bond donors (Lipinski definition) is 1. The molecule has 0 radical (unpaired) electrons. The van der Waals surface area contributed by atoms with Crippen LogP contribution in [0.15, 0.2) is 34.1 Å². The molecule has 2 unspecified atom stereocenters. The average Bonchev–Trinajstić information content (AvgIpc) is 2.86. The topological polar surface area (TPSA) is 35.2 Å². The van der Waals surface area contributed by atoms with Crippen LogP contribution in [-0.2, 0) is 0 Å². The molecule has 0 saturated heterocycles. The van der Waals surface area contributed by atoms with Gasteiger partial charge in [0.1, 0.15) is 11.9 Å². The maximum atomic E-state index is 6.10. The molecule has 2 N–H and O–H groups in total. The monoisotopic (exact) mass is 339 g/mol. The van der Waals surface area contributed by atoms with Gasteiger partial charge in [0.2, 0.25) is 0 Å². The van der Waals surface area contributed by atoms with Crippen molar-refractivity contribution in [3.63, 3.8) is 0 Å². The summed E-state index contributed by atoms with van der Waals surface area (Å²) in [6, 6.07) is 8.12. The summed E-state index contributed by atoms with van der Waals surface area (Å²) in [4.78, 5) is 1.16. The highest BCUT2D eigenvalue weighted by atomic mass is 79.9. The third-order valence-corrected chi connectivity index (χ3v) is 5.16. The van der Waals surface area contributed by atoms with E-state index in [4.69, 9.17) is 10.5 Å². The molecule has 0 aliphatic rings. The maximum Gasteiger partial charge on any atom is 0.148 e. The van der Waals surface area contributed by atoms with Crippen LogP contribution in [0.3, 0.4) is 0 Å². The molecule has 0 amide bonds. The van der Waals surface area contributed by atoms with E-state index in [0.29, 0.717) is 0 Å². The van der Waals surface area contributed by atoms with Gasteiger partial charge >= 0.3 is 0 Å². The SMILES string of the molecule is Cc1cc(OC(c2cccs2)C(C)N)cc(C)c1Br. The number of benzene rings is 1. The first-order chi connectivity index (χ1) is 8.99. The molecule has 0 bridgehead atoms. The van der Waals surface area contributed by atoms with Gasteiger partial charge in [0.15, 0.2) is 0 Å². The van der Waals surface area contributed by atoms with Gasteiger partial charge in [-0.2, -0.15) is 0 Å². The molecule has 1 heterocycles. The van der Waals surface area contributed by atoms with Crippen molar-refractivity contribution in [2.24, 2.45) is 5.73 Å². The second kappa shape index (κ2) is 6.07. The van der Waals surface area contributed by atoms with Crippen LogP contribution >= 0.6 is 27.3 Å². The minimum absolute atomic E-state index is 0.0529. The van der Waals surface area contributed by atoms with E-state index in [1.807, 2.05) is 30.5 Å². The zero-order valence-electron chi connectivity index (χ0n) is 11.3. The molecular formula is C15H18BrNOS. The predicted molar refractivity (Wildman–Crippen MR) is 85.0 cm³/mol. The Balaban J connectivity index is 2.28. The molecular weight excluding hydrogens is 322 g/mol. The number of thiophene rings is 1. The largest absolute Gasteiger partial charge is 0.483 e. The number of ether oxygens (including phenoxy) is 1. The minimum Gasteiger partial charge on any atom is -0.483 e. The van der Waals surface area contributed by atoms with Gasteiger partial charge in [0.25, 0.3) is 0 Å². The van der Waals surface area contributed by atoms with E-state index in [1.54, 1.807) is 11.3 Å². The Morgan fingerprint density at radius 1 is 1.26 bits per heavy atom. The van der Waals surface area contributed by atoms with Crippen molar-refractivity contribution < 1.29 is 4.74 Å². The molecule has 1 aromatic carbocycles. The predicted octanol–water partition coefficient (Wildman–Crippen LogP) is 4.59. The highest BCUT2D eigenvalue weighted by Crippen LogP contribution is 2.31. The third kappa shape index (κ3) is 3.38. The van der Waals surface area contributed by atoms with E-state index in [-0.39, 0.29) is 12.1 Å². The van der Waals surface area contributed by atoms with Crippen molar-refractivity contribution in [2.45, 2.75) is 32.9 Å². The molecule has 0 saturated carbocycles. The Labute approximate surface area is 126 Å². The molecule has 2 atom stereocenters. The molecule has 2 aromatic rings. The van der Waals surface area contributed by atoms with Crippen LogP contribution in [0.5, 0.6) is 5.75 Å². The van der Waals surface area contributed by atoms with Crippen LogP contribution in [0.25, 0.3) is 0 Å². The molecule has 19 heavy (non-hydrogen) atoms. The lowest BCUT2D eigenvalue weighted by molar-refractivity contribution is 0.184. The van der Waals surface area contributed by atoms with Crippen LogP contribution in [0.2, 0.25) is 0 Å². The molecule has 2 nitrogen and oxygen atoms in total. The van der Waals surface area contributed by atoms with Crippen molar-refractivity contribution >= 4 is 27.3 Å². The van der Waals surface area contributed by atoms with Crippen LogP contribution in [0.1, 0.15) is 29.0 Å². The van der Waals surface area contributed by atoms with Crippen molar-refractivity contribution in [1.29, 1.82) is 0 Å². The summed E-state index contributed by atoms with van der Waals surface area (Å²) < 4.78 is 7.23. The van der Waals surface area contributed by atoms with Gasteiger partial charge in [0.05, 0.1) is 0 Å². The zero-order chi connectivity index (χ0) is 14.0. The summed E-state index contributed by atoms with van der Waals surface area (Å²) in [6.45, 7) is 6.11. The fourth-order valence-corrected chi connectivity index (χ4v) is 3.10. The minimum atomic E-state index is -0.0972.